The molecule has 0 saturated heterocycles. The fourth-order valence-corrected chi connectivity index (χ4v) is 2.66. The highest BCUT2D eigenvalue weighted by molar-refractivity contribution is 7.21. The van der Waals surface area contributed by atoms with Crippen LogP contribution in [0, 0.1) is 0 Å². The lowest BCUT2D eigenvalue weighted by Crippen LogP contribution is -2.06. The number of nitrogens with one attached hydrogen (secondary N) is 1. The second-order valence-electron chi connectivity index (χ2n) is 3.86. The summed E-state index contributed by atoms with van der Waals surface area (Å²) < 4.78 is 0.897. The van der Waals surface area contributed by atoms with Crippen LogP contribution in [0.15, 0.2) is 41.5 Å². The average molecular weight is 270 g/mol. The number of nitrogens with zero attached hydrogens (tertiary/aromatic N) is 3. The monoisotopic (exact) mass is 270 g/mol. The summed E-state index contributed by atoms with van der Waals surface area (Å²) in [7, 11) is 1.77. The molecule has 0 amide bonds. The maximum absolute atomic E-state index is 12.0. The second-order valence-corrected chi connectivity index (χ2v) is 4.89. The molecule has 0 spiro atoms. The minimum atomic E-state index is -0.235. The highest BCUT2D eigenvalue weighted by atomic mass is 32.1. The van der Waals surface area contributed by atoms with Crippen molar-refractivity contribution in [3.63, 3.8) is 0 Å². The molecule has 1 N–H and O–H groups in total. The fourth-order valence-electron chi connectivity index (χ4n) is 1.71. The third-order valence-electron chi connectivity index (χ3n) is 2.64. The lowest BCUT2D eigenvalue weighted by Gasteiger charge is -2.02. The highest BCUT2D eigenvalue weighted by Gasteiger charge is 2.08. The molecular formula is C13H10N4OS. The number of rotatable bonds is 2. The van der Waals surface area contributed by atoms with Crippen LogP contribution in [0.1, 0.15) is 0 Å². The van der Waals surface area contributed by atoms with E-state index in [-0.39, 0.29) is 5.56 Å². The van der Waals surface area contributed by atoms with Crippen molar-refractivity contribution >= 4 is 27.2 Å². The van der Waals surface area contributed by atoms with Gasteiger partial charge in [-0.2, -0.15) is 4.98 Å². The molecule has 3 rings (SSSR count). The van der Waals surface area contributed by atoms with E-state index in [1.807, 2.05) is 18.2 Å². The van der Waals surface area contributed by atoms with Gasteiger partial charge in [0, 0.05) is 11.7 Å². The molecule has 6 heteroatoms. The Labute approximate surface area is 113 Å². The summed E-state index contributed by atoms with van der Waals surface area (Å²) in [5.41, 5.74) is 0.362. The van der Waals surface area contributed by atoms with Crippen LogP contribution in [0.25, 0.3) is 20.8 Å². The molecule has 0 radical (unpaired) electrons. The number of hydrogen-bond acceptors (Lipinski definition) is 6. The van der Waals surface area contributed by atoms with Crippen molar-refractivity contribution in [2.45, 2.75) is 0 Å². The van der Waals surface area contributed by atoms with E-state index < -0.39 is 0 Å². The van der Waals surface area contributed by atoms with Gasteiger partial charge in [-0.3, -0.25) is 9.78 Å². The largest absolute Gasteiger partial charge is 0.372 e. The Hall–Kier alpha value is -2.34. The molecule has 0 bridgehead atoms. The maximum atomic E-state index is 12.0. The van der Waals surface area contributed by atoms with Crippen LogP contribution in [0.4, 0.5) is 5.82 Å². The SMILES string of the molecule is CNc1cncc(-c2nc(=O)c3ccccc3s2)n1. The zero-order valence-electron chi connectivity index (χ0n) is 10.1. The summed E-state index contributed by atoms with van der Waals surface area (Å²) in [5.74, 6) is 0.645. The smallest absolute Gasteiger partial charge is 0.279 e. The first-order chi connectivity index (χ1) is 9.28. The Morgan fingerprint density at radius 3 is 2.84 bits per heavy atom. The van der Waals surface area contributed by atoms with Gasteiger partial charge < -0.3 is 5.32 Å². The molecule has 0 unspecified atom stereocenters. The Balaban J connectivity index is 2.22. The molecule has 3 aromatic rings. The van der Waals surface area contributed by atoms with E-state index in [2.05, 4.69) is 20.3 Å². The molecule has 2 aromatic heterocycles. The van der Waals surface area contributed by atoms with Crippen molar-refractivity contribution in [1.29, 1.82) is 0 Å². The van der Waals surface area contributed by atoms with Crippen molar-refractivity contribution in [2.75, 3.05) is 12.4 Å². The first-order valence-corrected chi connectivity index (χ1v) is 6.49. The van der Waals surface area contributed by atoms with Crippen LogP contribution in [-0.2, 0) is 0 Å². The molecule has 0 aliphatic rings. The van der Waals surface area contributed by atoms with Crippen LogP contribution in [0.2, 0.25) is 0 Å². The minimum absolute atomic E-state index is 0.235. The Morgan fingerprint density at radius 1 is 1.16 bits per heavy atom. The maximum Gasteiger partial charge on any atom is 0.279 e. The normalized spacial score (nSPS) is 10.6. The third-order valence-corrected chi connectivity index (χ3v) is 3.71. The van der Waals surface area contributed by atoms with Crippen LogP contribution >= 0.6 is 11.3 Å². The van der Waals surface area contributed by atoms with Crippen LogP contribution in [0.5, 0.6) is 0 Å². The minimum Gasteiger partial charge on any atom is -0.372 e. The average Bonchev–Trinajstić information content (AvgIpc) is 2.47. The van der Waals surface area contributed by atoms with Crippen molar-refractivity contribution in [3.8, 4) is 10.7 Å². The van der Waals surface area contributed by atoms with Gasteiger partial charge in [-0.25, -0.2) is 4.98 Å². The Kier molecular flexibility index (Phi) is 2.92. The van der Waals surface area contributed by atoms with Crippen molar-refractivity contribution in [1.82, 2.24) is 15.0 Å². The lowest BCUT2D eigenvalue weighted by atomic mass is 10.3. The first kappa shape index (κ1) is 11.7. The molecule has 5 nitrogen and oxygen atoms in total. The van der Waals surface area contributed by atoms with Gasteiger partial charge in [-0.1, -0.05) is 12.1 Å². The van der Waals surface area contributed by atoms with E-state index in [9.17, 15) is 4.79 Å². The van der Waals surface area contributed by atoms with Gasteiger partial charge in [-0.05, 0) is 12.1 Å². The van der Waals surface area contributed by atoms with Crippen molar-refractivity contribution in [2.24, 2.45) is 0 Å². The summed E-state index contributed by atoms with van der Waals surface area (Å²) in [5, 5.41) is 4.12. The molecule has 0 aliphatic heterocycles. The van der Waals surface area contributed by atoms with E-state index in [0.29, 0.717) is 21.9 Å². The van der Waals surface area contributed by atoms with Gasteiger partial charge in [-0.15, -0.1) is 11.3 Å². The van der Waals surface area contributed by atoms with Crippen LogP contribution in [0.3, 0.4) is 0 Å². The second kappa shape index (κ2) is 4.74. The Morgan fingerprint density at radius 2 is 2.00 bits per heavy atom. The van der Waals surface area contributed by atoms with Gasteiger partial charge >= 0.3 is 0 Å². The summed E-state index contributed by atoms with van der Waals surface area (Å²) in [6, 6.07) is 7.42. The standard InChI is InChI=1S/C13H10N4OS/c1-14-11-7-15-6-9(16-11)13-17-12(18)8-4-2-3-5-10(8)19-13/h2-7H,1H3,(H,14,16). The first-order valence-electron chi connectivity index (χ1n) is 5.68. The van der Waals surface area contributed by atoms with Gasteiger partial charge in [0.05, 0.1) is 17.8 Å². The zero-order chi connectivity index (χ0) is 13.2. The summed E-state index contributed by atoms with van der Waals surface area (Å²) in [4.78, 5) is 24.5. The predicted molar refractivity (Wildman–Crippen MR) is 76.5 cm³/mol. The number of hydrogen-bond donors (Lipinski definition) is 1. The lowest BCUT2D eigenvalue weighted by molar-refractivity contribution is 1.17. The molecule has 94 valence electrons. The summed E-state index contributed by atoms with van der Waals surface area (Å²) >= 11 is 1.43. The van der Waals surface area contributed by atoms with Gasteiger partial charge in [0.1, 0.15) is 16.5 Å². The molecular weight excluding hydrogens is 260 g/mol. The highest BCUT2D eigenvalue weighted by Crippen LogP contribution is 2.24. The topological polar surface area (TPSA) is 67.8 Å². The number of benzene rings is 1. The third kappa shape index (κ3) is 2.17. The molecule has 0 atom stereocenters. The van der Waals surface area contributed by atoms with Crippen molar-refractivity contribution < 1.29 is 0 Å². The summed E-state index contributed by atoms with van der Waals surface area (Å²) in [6.45, 7) is 0. The van der Waals surface area contributed by atoms with E-state index in [1.54, 1.807) is 25.5 Å². The molecule has 1 aromatic carbocycles. The van der Waals surface area contributed by atoms with E-state index >= 15 is 0 Å². The Bertz CT molecular complexity index is 800. The number of fused-ring (bicyclic) bond motifs is 1. The van der Waals surface area contributed by atoms with Gasteiger partial charge in [0.15, 0.2) is 0 Å². The predicted octanol–water partition coefficient (Wildman–Crippen LogP) is 2.16. The number of aromatic nitrogens is 3. The molecule has 0 fully saturated rings. The van der Waals surface area contributed by atoms with E-state index in [4.69, 9.17) is 0 Å². The van der Waals surface area contributed by atoms with E-state index in [0.717, 1.165) is 4.70 Å². The molecule has 0 aliphatic carbocycles. The van der Waals surface area contributed by atoms with Crippen molar-refractivity contribution in [3.05, 3.63) is 47.0 Å². The van der Waals surface area contributed by atoms with Gasteiger partial charge in [0.2, 0.25) is 0 Å². The molecule has 2 heterocycles. The summed E-state index contributed by atoms with van der Waals surface area (Å²) in [6.07, 6.45) is 3.22. The van der Waals surface area contributed by atoms with Crippen LogP contribution < -0.4 is 10.9 Å². The fraction of sp³-hybridized carbons (Fsp3) is 0.0769. The molecule has 19 heavy (non-hydrogen) atoms. The van der Waals surface area contributed by atoms with Crippen LogP contribution in [-0.4, -0.2) is 22.0 Å². The molecule has 0 saturated carbocycles. The van der Waals surface area contributed by atoms with E-state index in [1.165, 1.54) is 11.3 Å². The quantitative estimate of drug-likeness (QED) is 0.772. The number of anilines is 1. The van der Waals surface area contributed by atoms with Gasteiger partial charge in [0.25, 0.3) is 5.56 Å². The zero-order valence-corrected chi connectivity index (χ0v) is 10.9.